The van der Waals surface area contributed by atoms with Gasteiger partial charge in [0.05, 0.1) is 13.2 Å². The highest BCUT2D eigenvalue weighted by atomic mass is 31.2. The van der Waals surface area contributed by atoms with E-state index < -0.39 is 32.5 Å². The van der Waals surface area contributed by atoms with Crippen molar-refractivity contribution in [3.63, 3.8) is 0 Å². The molecule has 10 heteroatoms. The van der Waals surface area contributed by atoms with Crippen molar-refractivity contribution >= 4 is 19.8 Å². The summed E-state index contributed by atoms with van der Waals surface area (Å²) in [5.41, 5.74) is 5.40. The van der Waals surface area contributed by atoms with Gasteiger partial charge in [-0.05, 0) is 173 Å². The van der Waals surface area contributed by atoms with Gasteiger partial charge in [0, 0.05) is 19.4 Å². The lowest BCUT2D eigenvalue weighted by molar-refractivity contribution is -0.161. The molecule has 0 spiro atoms. The van der Waals surface area contributed by atoms with E-state index in [1.165, 1.54) is 32.1 Å². The molecule has 0 amide bonds. The maximum atomic E-state index is 12.8. The van der Waals surface area contributed by atoms with E-state index in [2.05, 4.69) is 269 Å². The van der Waals surface area contributed by atoms with Gasteiger partial charge in [-0.2, -0.15) is 0 Å². The zero-order chi connectivity index (χ0) is 70.0. The Morgan fingerprint density at radius 1 is 0.309 bits per heavy atom. The molecule has 0 saturated heterocycles. The zero-order valence-corrected chi connectivity index (χ0v) is 61.3. The molecular formula is C87H132NO8P. The molecule has 0 aliphatic heterocycles. The molecule has 0 radical (unpaired) electrons. The number of allylic oxidation sites excluding steroid dienone is 42. The van der Waals surface area contributed by atoms with Crippen molar-refractivity contribution in [2.75, 3.05) is 26.4 Å². The lowest BCUT2D eigenvalue weighted by atomic mass is 10.1. The van der Waals surface area contributed by atoms with Gasteiger partial charge in [0.1, 0.15) is 6.61 Å². The second-order valence-electron chi connectivity index (χ2n) is 23.3. The molecule has 0 aliphatic carbocycles. The Hall–Kier alpha value is -6.45. The van der Waals surface area contributed by atoms with Crippen molar-refractivity contribution in [3.05, 3.63) is 255 Å². The van der Waals surface area contributed by atoms with E-state index >= 15 is 0 Å². The van der Waals surface area contributed by atoms with E-state index in [9.17, 15) is 19.0 Å². The quantitative estimate of drug-likeness (QED) is 0.0264. The van der Waals surface area contributed by atoms with Crippen molar-refractivity contribution in [2.24, 2.45) is 5.73 Å². The summed E-state index contributed by atoms with van der Waals surface area (Å²) in [6.07, 6.45) is 126. The lowest BCUT2D eigenvalue weighted by Gasteiger charge is -2.19. The Morgan fingerprint density at radius 3 is 0.814 bits per heavy atom. The normalized spacial score (nSPS) is 14.4. The van der Waals surface area contributed by atoms with Crippen LogP contribution < -0.4 is 5.73 Å². The molecule has 0 aliphatic rings. The largest absolute Gasteiger partial charge is 0.472 e. The molecule has 0 aromatic carbocycles. The SMILES string of the molecule is CC/C=C\C/C=C\C/C=C\C/C=C\C/C=C\C/C=C\C/C=C\C/C=C\C/C=C\C/C=C\C/C=C\C/C=C\CCCCC(=O)OC(COC(=O)CCCCCCCCCCC/C=C\C/C=C\C/C=C\C/C=C\C/C=C\C/C=C\C/C=C\C/C=C\C/C=C\CC)COP(=O)(O)OCCN. The summed E-state index contributed by atoms with van der Waals surface area (Å²) in [4.78, 5) is 35.4. The Labute approximate surface area is 592 Å². The highest BCUT2D eigenvalue weighted by Gasteiger charge is 2.26. The Bertz CT molecular complexity index is 2550. The van der Waals surface area contributed by atoms with Crippen LogP contribution in [0.25, 0.3) is 0 Å². The fraction of sp³-hybridized carbons (Fsp3) is 0.494. The summed E-state index contributed by atoms with van der Waals surface area (Å²) in [5.74, 6) is -0.906. The molecule has 0 bridgehead atoms. The number of ether oxygens (including phenoxy) is 2. The van der Waals surface area contributed by atoms with Gasteiger partial charge in [-0.15, -0.1) is 0 Å². The molecule has 9 nitrogen and oxygen atoms in total. The number of rotatable bonds is 66. The van der Waals surface area contributed by atoms with Crippen molar-refractivity contribution in [3.8, 4) is 0 Å². The maximum absolute atomic E-state index is 12.8. The van der Waals surface area contributed by atoms with Crippen LogP contribution in [-0.2, 0) is 32.7 Å². The number of unbranched alkanes of at least 4 members (excludes halogenated alkanes) is 11. The molecule has 97 heavy (non-hydrogen) atoms. The molecule has 538 valence electrons. The topological polar surface area (TPSA) is 134 Å². The number of nitrogens with two attached hydrogens (primary N) is 1. The molecule has 2 unspecified atom stereocenters. The smallest absolute Gasteiger partial charge is 0.462 e. The van der Waals surface area contributed by atoms with Crippen LogP contribution in [0.2, 0.25) is 0 Å². The summed E-state index contributed by atoms with van der Waals surface area (Å²) in [6.45, 7) is 3.42. The predicted molar refractivity (Wildman–Crippen MR) is 421 cm³/mol. The molecule has 3 N–H and O–H groups in total. The van der Waals surface area contributed by atoms with E-state index in [0.717, 1.165) is 173 Å². The van der Waals surface area contributed by atoms with Crippen LogP contribution in [0.15, 0.2) is 255 Å². The first-order valence-corrected chi connectivity index (χ1v) is 38.7. The minimum Gasteiger partial charge on any atom is -0.462 e. The maximum Gasteiger partial charge on any atom is 0.472 e. The summed E-state index contributed by atoms with van der Waals surface area (Å²) < 4.78 is 33.1. The van der Waals surface area contributed by atoms with Gasteiger partial charge in [-0.3, -0.25) is 18.6 Å². The second kappa shape index (κ2) is 78.5. The predicted octanol–water partition coefficient (Wildman–Crippen LogP) is 25.3. The molecular weight excluding hydrogens is 1220 g/mol. The molecule has 0 saturated carbocycles. The summed E-state index contributed by atoms with van der Waals surface area (Å²) in [5, 5.41) is 0. The molecule has 2 atom stereocenters. The first kappa shape index (κ1) is 90.5. The fourth-order valence-electron chi connectivity index (χ4n) is 9.02. The molecule has 0 aromatic heterocycles. The molecule has 0 heterocycles. The third kappa shape index (κ3) is 78.4. The Morgan fingerprint density at radius 2 is 0.536 bits per heavy atom. The number of hydrogen-bond acceptors (Lipinski definition) is 8. The Kier molecular flexibility index (Phi) is 73.3. The van der Waals surface area contributed by atoms with Crippen LogP contribution in [0.3, 0.4) is 0 Å². The highest BCUT2D eigenvalue weighted by Crippen LogP contribution is 2.43. The molecule has 0 fully saturated rings. The van der Waals surface area contributed by atoms with Crippen LogP contribution in [0.1, 0.15) is 245 Å². The van der Waals surface area contributed by atoms with Crippen LogP contribution in [0.5, 0.6) is 0 Å². The van der Waals surface area contributed by atoms with Crippen molar-refractivity contribution in [2.45, 2.75) is 251 Å². The van der Waals surface area contributed by atoms with Crippen molar-refractivity contribution in [1.29, 1.82) is 0 Å². The zero-order valence-electron chi connectivity index (χ0n) is 60.4. The van der Waals surface area contributed by atoms with Gasteiger partial charge < -0.3 is 20.1 Å². The highest BCUT2D eigenvalue weighted by molar-refractivity contribution is 7.47. The Balaban J connectivity index is 4.08. The van der Waals surface area contributed by atoms with Gasteiger partial charge in [0.25, 0.3) is 0 Å². The number of carbonyl (C=O) groups excluding carboxylic acids is 2. The second-order valence-corrected chi connectivity index (χ2v) is 24.8. The summed E-state index contributed by atoms with van der Waals surface area (Å²) in [7, 11) is -4.43. The number of phosphoric ester groups is 1. The summed E-state index contributed by atoms with van der Waals surface area (Å²) >= 11 is 0. The van der Waals surface area contributed by atoms with Gasteiger partial charge in [0.2, 0.25) is 0 Å². The third-order valence-corrected chi connectivity index (χ3v) is 15.4. The van der Waals surface area contributed by atoms with Gasteiger partial charge >= 0.3 is 19.8 Å². The lowest BCUT2D eigenvalue weighted by Crippen LogP contribution is -2.29. The van der Waals surface area contributed by atoms with Gasteiger partial charge in [0.15, 0.2) is 6.10 Å². The standard InChI is InChI=1S/C87H132NO8P/c1-3-5-7-9-11-13-15-17-19-21-23-25-27-29-31-33-35-37-39-41-42-44-46-48-50-52-54-56-58-60-62-64-66-68-70-72-74-76-78-80-87(90)96-85(84-95-97(91,92)94-82-81-88)83-93-86(89)79-77-75-73-71-69-67-65-63-61-59-57-55-53-51-49-47-45-43-40-38-36-34-32-30-28-26-24-22-20-18-16-14-12-10-8-6-4-2/h5-8,11-14,17-20,23-26,29-32,35-38,41-43,45-46,48-49,51-52,54-55,57-58,60,64,66,70,72,85H,3-4,9-10,15-16,21-22,27-28,33-34,39-40,44,47,50,53,56,59,61-63,65,67-69,71,73-84,88H2,1-2H3,(H,91,92)/b7-5-,8-6-,13-11-,14-12-,19-17-,20-18-,25-23-,26-24-,31-29-,32-30-,37-35-,38-36-,42-41-,45-43-,48-46-,51-49-,54-52-,57-55-,60-58-,66-64-,72-70-. The third-order valence-electron chi connectivity index (χ3n) is 14.4. The van der Waals surface area contributed by atoms with E-state index in [4.69, 9.17) is 24.3 Å². The van der Waals surface area contributed by atoms with E-state index in [1.54, 1.807) is 0 Å². The molecule has 0 aromatic rings. The first-order valence-electron chi connectivity index (χ1n) is 37.2. The fourth-order valence-corrected chi connectivity index (χ4v) is 9.79. The van der Waals surface area contributed by atoms with Crippen molar-refractivity contribution < 1.29 is 37.6 Å². The van der Waals surface area contributed by atoms with E-state index in [1.807, 2.05) is 0 Å². The number of carbonyl (C=O) groups is 2. The van der Waals surface area contributed by atoms with Crippen LogP contribution in [-0.4, -0.2) is 49.3 Å². The first-order chi connectivity index (χ1) is 47.8. The minimum atomic E-state index is -4.43. The average molecular weight is 1350 g/mol. The van der Waals surface area contributed by atoms with Crippen LogP contribution in [0.4, 0.5) is 0 Å². The van der Waals surface area contributed by atoms with E-state index in [0.29, 0.717) is 12.8 Å². The van der Waals surface area contributed by atoms with Crippen LogP contribution >= 0.6 is 7.82 Å². The van der Waals surface area contributed by atoms with Gasteiger partial charge in [-0.25, -0.2) is 4.57 Å². The average Bonchev–Trinajstić information content (AvgIpc) is 2.88. The number of hydrogen-bond donors (Lipinski definition) is 2. The minimum absolute atomic E-state index is 0.0314. The number of esters is 2. The van der Waals surface area contributed by atoms with E-state index in [-0.39, 0.29) is 32.6 Å². The summed E-state index contributed by atoms with van der Waals surface area (Å²) in [6, 6.07) is 0. The van der Waals surface area contributed by atoms with Crippen LogP contribution in [0, 0.1) is 0 Å². The van der Waals surface area contributed by atoms with Crippen molar-refractivity contribution in [1.82, 2.24) is 0 Å². The monoisotopic (exact) mass is 1350 g/mol. The number of phosphoric acid groups is 1. The molecule has 0 rings (SSSR count). The van der Waals surface area contributed by atoms with Gasteiger partial charge in [-0.1, -0.05) is 314 Å².